The van der Waals surface area contributed by atoms with Crippen LogP contribution in [-0.4, -0.2) is 19.2 Å². The minimum atomic E-state index is -0.436. The molecule has 0 saturated heterocycles. The Labute approximate surface area is 190 Å². The SMILES string of the molecule is CCCCOc1ccc(/C=C/C(=O)Oc2ccc(-c3ccc(C)cc3)cc2)cc1OCC. The Balaban J connectivity index is 1.62. The lowest BCUT2D eigenvalue weighted by molar-refractivity contribution is -0.128. The van der Waals surface area contributed by atoms with Crippen LogP contribution in [0.5, 0.6) is 17.2 Å². The first kappa shape index (κ1) is 23.1. The maximum absolute atomic E-state index is 12.3. The zero-order valence-corrected chi connectivity index (χ0v) is 19.0. The second kappa shape index (κ2) is 11.8. The first-order valence-corrected chi connectivity index (χ1v) is 11.1. The molecule has 0 fully saturated rings. The highest BCUT2D eigenvalue weighted by Gasteiger charge is 2.07. The molecule has 4 nitrogen and oxygen atoms in total. The van der Waals surface area contributed by atoms with Crippen LogP contribution < -0.4 is 14.2 Å². The lowest BCUT2D eigenvalue weighted by Crippen LogP contribution is -2.03. The molecule has 166 valence electrons. The highest BCUT2D eigenvalue weighted by molar-refractivity contribution is 5.89. The van der Waals surface area contributed by atoms with Gasteiger partial charge in [-0.25, -0.2) is 4.79 Å². The molecule has 0 aliphatic rings. The Kier molecular flexibility index (Phi) is 8.50. The third-order valence-electron chi connectivity index (χ3n) is 4.89. The number of hydrogen-bond donors (Lipinski definition) is 0. The summed E-state index contributed by atoms with van der Waals surface area (Å²) in [5, 5.41) is 0. The molecule has 0 saturated carbocycles. The molecule has 0 atom stereocenters. The predicted octanol–water partition coefficient (Wildman–Crippen LogP) is 6.86. The van der Waals surface area contributed by atoms with Gasteiger partial charge in [0, 0.05) is 6.08 Å². The van der Waals surface area contributed by atoms with Gasteiger partial charge in [0.1, 0.15) is 5.75 Å². The molecule has 0 bridgehead atoms. The number of benzene rings is 3. The topological polar surface area (TPSA) is 44.8 Å². The van der Waals surface area contributed by atoms with E-state index >= 15 is 0 Å². The van der Waals surface area contributed by atoms with Crippen LogP contribution in [0.4, 0.5) is 0 Å². The van der Waals surface area contributed by atoms with Crippen molar-refractivity contribution in [1.82, 2.24) is 0 Å². The summed E-state index contributed by atoms with van der Waals surface area (Å²) >= 11 is 0. The van der Waals surface area contributed by atoms with Crippen molar-refractivity contribution in [2.75, 3.05) is 13.2 Å². The molecule has 0 aliphatic carbocycles. The van der Waals surface area contributed by atoms with Gasteiger partial charge in [-0.15, -0.1) is 0 Å². The Hall–Kier alpha value is -3.53. The quantitative estimate of drug-likeness (QED) is 0.153. The molecule has 0 radical (unpaired) electrons. The fraction of sp³-hybridized carbons (Fsp3) is 0.250. The molecule has 0 N–H and O–H groups in total. The standard InChI is InChI=1S/C28H30O4/c1-4-6-19-31-26-17-9-22(20-27(26)30-5-2)10-18-28(29)32-25-15-13-24(14-16-25)23-11-7-21(3)8-12-23/h7-18,20H,4-6,19H2,1-3H3/b18-10+. The van der Waals surface area contributed by atoms with Gasteiger partial charge in [0.15, 0.2) is 11.5 Å². The number of aryl methyl sites for hydroxylation is 1. The largest absolute Gasteiger partial charge is 0.490 e. The average Bonchev–Trinajstić information content (AvgIpc) is 2.80. The van der Waals surface area contributed by atoms with E-state index in [9.17, 15) is 4.79 Å². The van der Waals surface area contributed by atoms with Gasteiger partial charge in [-0.1, -0.05) is 61.4 Å². The lowest BCUT2D eigenvalue weighted by Gasteiger charge is -2.12. The van der Waals surface area contributed by atoms with E-state index in [-0.39, 0.29) is 0 Å². The molecule has 0 aromatic heterocycles. The molecule has 3 aromatic carbocycles. The zero-order valence-electron chi connectivity index (χ0n) is 19.0. The zero-order chi connectivity index (χ0) is 22.8. The number of carbonyl (C=O) groups is 1. The second-order valence-corrected chi connectivity index (χ2v) is 7.49. The van der Waals surface area contributed by atoms with Crippen LogP contribution in [-0.2, 0) is 4.79 Å². The number of unbranched alkanes of at least 4 members (excludes halogenated alkanes) is 1. The highest BCUT2D eigenvalue weighted by atomic mass is 16.5. The van der Waals surface area contributed by atoms with Crippen LogP contribution >= 0.6 is 0 Å². The van der Waals surface area contributed by atoms with Crippen molar-refractivity contribution in [2.45, 2.75) is 33.6 Å². The summed E-state index contributed by atoms with van der Waals surface area (Å²) in [6, 6.07) is 21.4. The smallest absolute Gasteiger partial charge is 0.336 e. The molecular weight excluding hydrogens is 400 g/mol. The van der Waals surface area contributed by atoms with E-state index in [1.807, 2.05) is 37.3 Å². The van der Waals surface area contributed by atoms with E-state index in [1.165, 1.54) is 11.6 Å². The van der Waals surface area contributed by atoms with E-state index in [1.54, 1.807) is 18.2 Å². The monoisotopic (exact) mass is 430 g/mol. The number of esters is 1. The molecule has 3 aromatic rings. The Morgan fingerprint density at radius 1 is 0.844 bits per heavy atom. The van der Waals surface area contributed by atoms with Gasteiger partial charge in [0.2, 0.25) is 0 Å². The van der Waals surface area contributed by atoms with E-state index in [0.717, 1.165) is 29.5 Å². The maximum atomic E-state index is 12.3. The summed E-state index contributed by atoms with van der Waals surface area (Å²) in [6.07, 6.45) is 5.19. The molecule has 0 heterocycles. The van der Waals surface area contributed by atoms with Gasteiger partial charge in [0.25, 0.3) is 0 Å². The predicted molar refractivity (Wildman–Crippen MR) is 129 cm³/mol. The maximum Gasteiger partial charge on any atom is 0.336 e. The van der Waals surface area contributed by atoms with Crippen molar-refractivity contribution in [3.05, 3.63) is 83.9 Å². The lowest BCUT2D eigenvalue weighted by atomic mass is 10.0. The van der Waals surface area contributed by atoms with Crippen molar-refractivity contribution in [1.29, 1.82) is 0 Å². The minimum Gasteiger partial charge on any atom is -0.490 e. The first-order valence-electron chi connectivity index (χ1n) is 11.1. The van der Waals surface area contributed by atoms with Crippen molar-refractivity contribution < 1.29 is 19.0 Å². The van der Waals surface area contributed by atoms with E-state index in [2.05, 4.69) is 38.1 Å². The third kappa shape index (κ3) is 6.74. The normalized spacial score (nSPS) is 10.8. The molecule has 32 heavy (non-hydrogen) atoms. The molecule has 0 spiro atoms. The second-order valence-electron chi connectivity index (χ2n) is 7.49. The number of hydrogen-bond acceptors (Lipinski definition) is 4. The van der Waals surface area contributed by atoms with Gasteiger partial charge >= 0.3 is 5.97 Å². The van der Waals surface area contributed by atoms with Crippen molar-refractivity contribution >= 4 is 12.0 Å². The summed E-state index contributed by atoms with van der Waals surface area (Å²) in [5.74, 6) is 1.46. The summed E-state index contributed by atoms with van der Waals surface area (Å²) in [6.45, 7) is 7.31. The molecule has 0 amide bonds. The molecule has 0 aliphatic heterocycles. The van der Waals surface area contributed by atoms with E-state index < -0.39 is 5.97 Å². The highest BCUT2D eigenvalue weighted by Crippen LogP contribution is 2.29. The van der Waals surface area contributed by atoms with Gasteiger partial charge in [-0.05, 0) is 67.3 Å². The average molecular weight is 431 g/mol. The number of ether oxygens (including phenoxy) is 3. The summed E-state index contributed by atoms with van der Waals surface area (Å²) in [5.41, 5.74) is 4.26. The molecule has 0 unspecified atom stereocenters. The summed E-state index contributed by atoms with van der Waals surface area (Å²) < 4.78 is 16.9. The fourth-order valence-electron chi connectivity index (χ4n) is 3.12. The van der Waals surface area contributed by atoms with Crippen molar-refractivity contribution in [2.24, 2.45) is 0 Å². The molecule has 4 heteroatoms. The van der Waals surface area contributed by atoms with Crippen molar-refractivity contribution in [3.63, 3.8) is 0 Å². The van der Waals surface area contributed by atoms with Gasteiger partial charge in [-0.3, -0.25) is 0 Å². The van der Waals surface area contributed by atoms with Crippen LogP contribution in [0.25, 0.3) is 17.2 Å². The Morgan fingerprint density at radius 3 is 2.19 bits per heavy atom. The molecular formula is C28H30O4. The first-order chi connectivity index (χ1) is 15.6. The third-order valence-corrected chi connectivity index (χ3v) is 4.89. The van der Waals surface area contributed by atoms with Crippen LogP contribution in [0.3, 0.4) is 0 Å². The molecule has 3 rings (SSSR count). The van der Waals surface area contributed by atoms with E-state index in [4.69, 9.17) is 14.2 Å². The van der Waals surface area contributed by atoms with E-state index in [0.29, 0.717) is 30.5 Å². The van der Waals surface area contributed by atoms with Crippen molar-refractivity contribution in [3.8, 4) is 28.4 Å². The van der Waals surface area contributed by atoms with Crippen LogP contribution in [0.2, 0.25) is 0 Å². The Bertz CT molecular complexity index is 1030. The summed E-state index contributed by atoms with van der Waals surface area (Å²) in [4.78, 5) is 12.3. The number of rotatable bonds is 10. The van der Waals surface area contributed by atoms with Crippen LogP contribution in [0, 0.1) is 6.92 Å². The van der Waals surface area contributed by atoms with Gasteiger partial charge < -0.3 is 14.2 Å². The van der Waals surface area contributed by atoms with Crippen LogP contribution in [0.15, 0.2) is 72.8 Å². The minimum absolute atomic E-state index is 0.436. The van der Waals surface area contributed by atoms with Crippen LogP contribution in [0.1, 0.15) is 37.8 Å². The summed E-state index contributed by atoms with van der Waals surface area (Å²) in [7, 11) is 0. The van der Waals surface area contributed by atoms with Gasteiger partial charge in [-0.2, -0.15) is 0 Å². The van der Waals surface area contributed by atoms with Gasteiger partial charge in [0.05, 0.1) is 13.2 Å². The Morgan fingerprint density at radius 2 is 1.53 bits per heavy atom. The fourth-order valence-corrected chi connectivity index (χ4v) is 3.12. The number of carbonyl (C=O) groups excluding carboxylic acids is 1.